The van der Waals surface area contributed by atoms with Gasteiger partial charge in [0.25, 0.3) is 0 Å². The first-order chi connectivity index (χ1) is 11.6. The zero-order valence-electron chi connectivity index (χ0n) is 17.6. The van der Waals surface area contributed by atoms with Crippen LogP contribution in [0, 0.1) is 0 Å². The Labute approximate surface area is 162 Å². The van der Waals surface area contributed by atoms with Gasteiger partial charge in [0.1, 0.15) is 0 Å². The average molecular weight is 467 g/mol. The first-order valence-electron chi connectivity index (χ1n) is 7.92. The molecule has 0 atom stereocenters. The normalized spacial score (nSPS) is 14.8. The third kappa shape index (κ3) is 8.79. The minimum Gasteiger partial charge on any atom is -0.416 e. The highest BCUT2D eigenvalue weighted by atomic mass is 28.5. The Hall–Kier alpha value is 0.684. The van der Waals surface area contributed by atoms with Gasteiger partial charge in [-0.25, -0.2) is 0 Å². The summed E-state index contributed by atoms with van der Waals surface area (Å²) in [6.45, 7) is 10.7. The van der Waals surface area contributed by atoms with Crippen molar-refractivity contribution in [2.45, 2.75) is 39.3 Å². The Morgan fingerprint density at radius 3 is 1.12 bits per heavy atom. The van der Waals surface area contributed by atoms with Crippen LogP contribution in [0.3, 0.4) is 0 Å². The molecule has 0 bridgehead atoms. The van der Waals surface area contributed by atoms with Gasteiger partial charge < -0.3 is 43.4 Å². The first kappa shape index (κ1) is 26.7. The quantitative estimate of drug-likeness (QED) is 0.399. The van der Waals surface area contributed by atoms with Gasteiger partial charge in [-0.15, -0.1) is 0 Å². The van der Waals surface area contributed by atoms with Crippen LogP contribution in [0.15, 0.2) is 0 Å². The van der Waals surface area contributed by atoms with Crippen molar-refractivity contribution in [1.82, 2.24) is 0 Å². The van der Waals surface area contributed by atoms with Crippen molar-refractivity contribution < 1.29 is 43.4 Å². The van der Waals surface area contributed by atoms with E-state index in [4.69, 9.17) is 38.6 Å². The number of hydrogen-bond donors (Lipinski definition) is 1. The van der Waals surface area contributed by atoms with E-state index in [1.54, 1.807) is 13.1 Å². The van der Waals surface area contributed by atoms with Crippen molar-refractivity contribution in [3.63, 3.8) is 0 Å². The molecule has 0 saturated carbocycles. The SMILES string of the molecule is CO[Si](OC)(OC)O[Si](OC)(OC)O[Si](C)(C)O[Si](C)(C)O[Si](C)(C)O. The molecule has 0 aliphatic heterocycles. The van der Waals surface area contributed by atoms with Gasteiger partial charge in [-0.1, -0.05) is 0 Å². The van der Waals surface area contributed by atoms with Crippen LogP contribution >= 0.6 is 0 Å². The summed E-state index contributed by atoms with van der Waals surface area (Å²) in [5.74, 6) is 0. The van der Waals surface area contributed by atoms with Crippen molar-refractivity contribution in [3.05, 3.63) is 0 Å². The minimum atomic E-state index is -3.70. The van der Waals surface area contributed by atoms with Gasteiger partial charge in [0.2, 0.25) is 0 Å². The summed E-state index contributed by atoms with van der Waals surface area (Å²) in [4.78, 5) is 10.1. The third-order valence-corrected chi connectivity index (χ3v) is 18.2. The molecular formula is C11H34O10Si5. The molecule has 0 aliphatic carbocycles. The van der Waals surface area contributed by atoms with Crippen molar-refractivity contribution >= 4 is 43.8 Å². The van der Waals surface area contributed by atoms with Crippen LogP contribution in [0.25, 0.3) is 0 Å². The van der Waals surface area contributed by atoms with E-state index in [0.717, 1.165) is 0 Å². The Kier molecular flexibility index (Phi) is 10.2. The molecular weight excluding hydrogens is 433 g/mol. The summed E-state index contributed by atoms with van der Waals surface area (Å²) in [5.41, 5.74) is 0. The van der Waals surface area contributed by atoms with Gasteiger partial charge in [0, 0.05) is 35.5 Å². The molecule has 0 spiro atoms. The second-order valence-electron chi connectivity index (χ2n) is 6.68. The zero-order chi connectivity index (χ0) is 20.9. The fourth-order valence-electron chi connectivity index (χ4n) is 2.34. The monoisotopic (exact) mass is 466 g/mol. The van der Waals surface area contributed by atoms with Gasteiger partial charge >= 0.3 is 43.8 Å². The number of hydrogen-bond acceptors (Lipinski definition) is 10. The fourth-order valence-corrected chi connectivity index (χ4v) is 20.1. The van der Waals surface area contributed by atoms with E-state index in [-0.39, 0.29) is 0 Å². The second-order valence-corrected chi connectivity index (χ2v) is 22.5. The van der Waals surface area contributed by atoms with Gasteiger partial charge in [0.15, 0.2) is 0 Å². The molecule has 0 fully saturated rings. The van der Waals surface area contributed by atoms with E-state index in [2.05, 4.69) is 0 Å². The molecule has 0 radical (unpaired) electrons. The molecule has 1 N–H and O–H groups in total. The molecule has 26 heavy (non-hydrogen) atoms. The maximum atomic E-state index is 10.1. The van der Waals surface area contributed by atoms with Crippen LogP contribution in [0.1, 0.15) is 0 Å². The van der Waals surface area contributed by atoms with E-state index < -0.39 is 43.8 Å². The van der Waals surface area contributed by atoms with E-state index in [1.165, 1.54) is 35.5 Å². The molecule has 0 aromatic carbocycles. The summed E-state index contributed by atoms with van der Waals surface area (Å²) in [5, 5.41) is 0. The van der Waals surface area contributed by atoms with Crippen LogP contribution in [0.4, 0.5) is 0 Å². The molecule has 0 aliphatic rings. The number of rotatable bonds is 13. The van der Waals surface area contributed by atoms with Gasteiger partial charge in [-0.2, -0.15) is 0 Å². The molecule has 10 nitrogen and oxygen atoms in total. The largest absolute Gasteiger partial charge is 0.673 e. The second kappa shape index (κ2) is 9.94. The molecule has 15 heteroatoms. The third-order valence-electron chi connectivity index (χ3n) is 2.86. The van der Waals surface area contributed by atoms with E-state index in [1.807, 2.05) is 26.2 Å². The summed E-state index contributed by atoms with van der Waals surface area (Å²) in [6.07, 6.45) is 0. The molecule has 0 aromatic heterocycles. The lowest BCUT2D eigenvalue weighted by molar-refractivity contribution is -0.0161. The fraction of sp³-hybridized carbons (Fsp3) is 1.00. The molecule has 0 unspecified atom stereocenters. The summed E-state index contributed by atoms with van der Waals surface area (Å²) < 4.78 is 50.7. The predicted octanol–water partition coefficient (Wildman–Crippen LogP) is 1.25. The van der Waals surface area contributed by atoms with Gasteiger partial charge in [-0.3, -0.25) is 0 Å². The highest BCUT2D eigenvalue weighted by molar-refractivity contribution is 6.86. The van der Waals surface area contributed by atoms with E-state index in [9.17, 15) is 4.80 Å². The zero-order valence-corrected chi connectivity index (χ0v) is 22.6. The van der Waals surface area contributed by atoms with E-state index in [0.29, 0.717) is 0 Å². The molecule has 0 heterocycles. The van der Waals surface area contributed by atoms with Crippen LogP contribution in [0.2, 0.25) is 39.3 Å². The summed E-state index contributed by atoms with van der Waals surface area (Å²) in [6, 6.07) is 0. The van der Waals surface area contributed by atoms with Gasteiger partial charge in [0.05, 0.1) is 0 Å². The molecule has 0 aromatic rings. The van der Waals surface area contributed by atoms with Crippen molar-refractivity contribution in [3.8, 4) is 0 Å². The average Bonchev–Trinajstić information content (AvgIpc) is 2.48. The molecule has 0 amide bonds. The minimum absolute atomic E-state index is 1.40. The standard InChI is InChI=1S/C11H34O10Si5/c1-13-25(14-2,15-3)21-26(16-4,17-5)20-24(10,11)19-23(8,9)18-22(6,7)12/h12H,1-11H3. The van der Waals surface area contributed by atoms with Crippen molar-refractivity contribution in [1.29, 1.82) is 0 Å². The summed E-state index contributed by atoms with van der Waals surface area (Å²) in [7, 11) is -8.45. The van der Waals surface area contributed by atoms with E-state index >= 15 is 0 Å². The maximum absolute atomic E-state index is 10.1. The van der Waals surface area contributed by atoms with Crippen LogP contribution < -0.4 is 0 Å². The van der Waals surface area contributed by atoms with Crippen molar-refractivity contribution in [2.75, 3.05) is 35.5 Å². The lowest BCUT2D eigenvalue weighted by atomic mass is 11.8. The predicted molar refractivity (Wildman–Crippen MR) is 106 cm³/mol. The Morgan fingerprint density at radius 2 is 0.808 bits per heavy atom. The smallest absolute Gasteiger partial charge is 0.416 e. The molecule has 0 saturated heterocycles. The lowest BCUT2D eigenvalue weighted by Crippen LogP contribution is -2.65. The lowest BCUT2D eigenvalue weighted by Gasteiger charge is -2.40. The first-order valence-corrected chi connectivity index (χ1v) is 19.7. The maximum Gasteiger partial charge on any atom is 0.673 e. The Morgan fingerprint density at radius 1 is 0.462 bits per heavy atom. The molecule has 158 valence electrons. The van der Waals surface area contributed by atoms with Crippen molar-refractivity contribution in [2.24, 2.45) is 0 Å². The summed E-state index contributed by atoms with van der Waals surface area (Å²) >= 11 is 0. The molecule has 0 rings (SSSR count). The van der Waals surface area contributed by atoms with Crippen LogP contribution in [0.5, 0.6) is 0 Å². The highest BCUT2D eigenvalue weighted by Crippen LogP contribution is 2.26. The van der Waals surface area contributed by atoms with Crippen LogP contribution in [-0.2, 0) is 38.6 Å². The Bertz CT molecular complexity index is 414. The highest BCUT2D eigenvalue weighted by Gasteiger charge is 2.60. The Balaban J connectivity index is 5.45. The van der Waals surface area contributed by atoms with Gasteiger partial charge in [-0.05, 0) is 39.3 Å². The van der Waals surface area contributed by atoms with Crippen LogP contribution in [-0.4, -0.2) is 84.1 Å². The topological polar surface area (TPSA) is 103 Å².